The molecule has 0 saturated carbocycles. The number of benzene rings is 2. The SMILES string of the molecule is CS(=O)(=O)N[C@@H]1C[C@@H]2O[C@H](CO)CC[C@@H]2O[C@@H]1CCc1ccc(/C=C/c2ccccc2)cc1. The summed E-state index contributed by atoms with van der Waals surface area (Å²) < 4.78 is 38.9. The zero-order valence-electron chi connectivity index (χ0n) is 19.0. The summed E-state index contributed by atoms with van der Waals surface area (Å²) in [7, 11) is -3.37. The number of fused-ring (bicyclic) bond motifs is 1. The van der Waals surface area contributed by atoms with Crippen molar-refractivity contribution in [3.63, 3.8) is 0 Å². The first-order valence-corrected chi connectivity index (χ1v) is 13.5. The molecule has 2 saturated heterocycles. The van der Waals surface area contributed by atoms with Crippen molar-refractivity contribution >= 4 is 22.2 Å². The van der Waals surface area contributed by atoms with Crippen LogP contribution in [0.2, 0.25) is 0 Å². The number of aliphatic hydroxyl groups excluding tert-OH is 1. The third-order valence-electron chi connectivity index (χ3n) is 6.37. The van der Waals surface area contributed by atoms with Gasteiger partial charge in [0.15, 0.2) is 0 Å². The minimum atomic E-state index is -3.37. The van der Waals surface area contributed by atoms with Gasteiger partial charge < -0.3 is 14.6 Å². The Balaban J connectivity index is 1.37. The van der Waals surface area contributed by atoms with Crippen molar-refractivity contribution in [3.05, 3.63) is 71.3 Å². The molecule has 0 aliphatic carbocycles. The first kappa shape index (κ1) is 24.1. The van der Waals surface area contributed by atoms with Gasteiger partial charge in [0, 0.05) is 0 Å². The van der Waals surface area contributed by atoms with E-state index in [0.717, 1.165) is 36.8 Å². The highest BCUT2D eigenvalue weighted by atomic mass is 32.2. The van der Waals surface area contributed by atoms with Gasteiger partial charge in [-0.05, 0) is 48.8 Å². The number of rotatable bonds is 8. The van der Waals surface area contributed by atoms with Crippen LogP contribution in [0.25, 0.3) is 12.2 Å². The molecule has 178 valence electrons. The fraction of sp³-hybridized carbons (Fsp3) is 0.462. The van der Waals surface area contributed by atoms with Gasteiger partial charge in [0.25, 0.3) is 0 Å². The Hall–Kier alpha value is -2.03. The maximum Gasteiger partial charge on any atom is 0.209 e. The molecular formula is C26H33NO5S. The molecule has 5 atom stereocenters. The molecule has 2 aromatic rings. The summed E-state index contributed by atoms with van der Waals surface area (Å²) in [6, 6.07) is 18.3. The van der Waals surface area contributed by atoms with Crippen LogP contribution in [-0.2, 0) is 25.9 Å². The van der Waals surface area contributed by atoms with Gasteiger partial charge >= 0.3 is 0 Å². The quantitative estimate of drug-likeness (QED) is 0.577. The molecule has 2 aliphatic rings. The first-order chi connectivity index (χ1) is 15.9. The van der Waals surface area contributed by atoms with E-state index in [1.807, 2.05) is 18.2 Å². The van der Waals surface area contributed by atoms with Crippen molar-refractivity contribution in [2.45, 2.75) is 62.6 Å². The van der Waals surface area contributed by atoms with Crippen LogP contribution in [0.4, 0.5) is 0 Å². The van der Waals surface area contributed by atoms with Gasteiger partial charge in [-0.1, -0.05) is 66.7 Å². The van der Waals surface area contributed by atoms with Crippen molar-refractivity contribution in [1.82, 2.24) is 4.72 Å². The van der Waals surface area contributed by atoms with Crippen molar-refractivity contribution < 1.29 is 23.0 Å². The maximum atomic E-state index is 11.9. The minimum Gasteiger partial charge on any atom is -0.394 e. The summed E-state index contributed by atoms with van der Waals surface area (Å²) in [6.07, 6.45) is 8.36. The Bertz CT molecular complexity index is 1020. The van der Waals surface area contributed by atoms with Crippen LogP contribution in [0, 0.1) is 0 Å². The molecule has 33 heavy (non-hydrogen) atoms. The van der Waals surface area contributed by atoms with Crippen LogP contribution >= 0.6 is 0 Å². The van der Waals surface area contributed by atoms with E-state index >= 15 is 0 Å². The molecule has 2 aromatic carbocycles. The zero-order valence-corrected chi connectivity index (χ0v) is 19.8. The molecule has 0 radical (unpaired) electrons. The van der Waals surface area contributed by atoms with E-state index in [0.29, 0.717) is 6.42 Å². The second-order valence-corrected chi connectivity index (χ2v) is 10.8. The Morgan fingerprint density at radius 3 is 2.33 bits per heavy atom. The Labute approximate surface area is 196 Å². The monoisotopic (exact) mass is 471 g/mol. The van der Waals surface area contributed by atoms with Gasteiger partial charge in [-0.25, -0.2) is 13.1 Å². The Morgan fingerprint density at radius 1 is 0.970 bits per heavy atom. The number of hydrogen-bond donors (Lipinski definition) is 2. The highest BCUT2D eigenvalue weighted by Gasteiger charge is 2.42. The van der Waals surface area contributed by atoms with Gasteiger partial charge in [0.1, 0.15) is 0 Å². The van der Waals surface area contributed by atoms with Crippen molar-refractivity contribution in [3.8, 4) is 0 Å². The highest BCUT2D eigenvalue weighted by Crippen LogP contribution is 2.33. The second-order valence-electron chi connectivity index (χ2n) is 9.03. The summed E-state index contributed by atoms with van der Waals surface area (Å²) in [5.41, 5.74) is 3.49. The molecule has 0 amide bonds. The Morgan fingerprint density at radius 2 is 1.67 bits per heavy atom. The molecule has 0 spiro atoms. The molecule has 0 bridgehead atoms. The van der Waals surface area contributed by atoms with Gasteiger partial charge in [0.2, 0.25) is 10.0 Å². The van der Waals surface area contributed by atoms with Crippen molar-refractivity contribution in [2.24, 2.45) is 0 Å². The summed E-state index contributed by atoms with van der Waals surface area (Å²) in [4.78, 5) is 0. The van der Waals surface area contributed by atoms with Crippen LogP contribution in [-0.4, -0.2) is 56.8 Å². The van der Waals surface area contributed by atoms with E-state index in [2.05, 4.69) is 53.3 Å². The van der Waals surface area contributed by atoms with Gasteiger partial charge in [-0.3, -0.25) is 0 Å². The van der Waals surface area contributed by atoms with Crippen LogP contribution in [0.1, 0.15) is 42.4 Å². The summed E-state index contributed by atoms with van der Waals surface area (Å²) >= 11 is 0. The number of sulfonamides is 1. The average molecular weight is 472 g/mol. The van der Waals surface area contributed by atoms with Crippen molar-refractivity contribution in [1.29, 1.82) is 0 Å². The number of ether oxygens (including phenoxy) is 2. The van der Waals surface area contributed by atoms with Crippen molar-refractivity contribution in [2.75, 3.05) is 12.9 Å². The lowest BCUT2D eigenvalue weighted by atomic mass is 9.88. The van der Waals surface area contributed by atoms with Crippen LogP contribution in [0.5, 0.6) is 0 Å². The molecule has 2 heterocycles. The summed E-state index contributed by atoms with van der Waals surface area (Å²) in [6.45, 7) is -0.0205. The van der Waals surface area contributed by atoms with E-state index in [9.17, 15) is 13.5 Å². The van der Waals surface area contributed by atoms with Gasteiger partial charge in [-0.15, -0.1) is 0 Å². The molecule has 0 aromatic heterocycles. The third kappa shape index (κ3) is 6.98. The zero-order chi connectivity index (χ0) is 23.3. The molecule has 0 unspecified atom stereocenters. The lowest BCUT2D eigenvalue weighted by Crippen LogP contribution is -2.57. The molecule has 2 N–H and O–H groups in total. The minimum absolute atomic E-state index is 0.0205. The van der Waals surface area contributed by atoms with E-state index in [4.69, 9.17) is 9.47 Å². The largest absolute Gasteiger partial charge is 0.394 e. The van der Waals surface area contributed by atoms with Gasteiger partial charge in [0.05, 0.1) is 43.3 Å². The highest BCUT2D eigenvalue weighted by molar-refractivity contribution is 7.88. The standard InChI is InChI=1S/C26H33NO5S/c1-33(29,30)27-23-17-26-25(16-14-22(18-28)31-26)32-24(23)15-13-21-11-9-20(10-12-21)8-7-19-5-3-2-4-6-19/h2-12,22-28H,13-18H2,1H3/b8-7+/t22-,23+,24+,25-,26-/m0/s1. The third-order valence-corrected chi connectivity index (χ3v) is 7.10. The van der Waals surface area contributed by atoms with E-state index in [1.54, 1.807) is 0 Å². The van der Waals surface area contributed by atoms with Gasteiger partial charge in [-0.2, -0.15) is 0 Å². The van der Waals surface area contributed by atoms with E-state index in [-0.39, 0.29) is 37.1 Å². The number of aliphatic hydroxyl groups is 1. The molecule has 2 fully saturated rings. The maximum absolute atomic E-state index is 11.9. The second kappa shape index (κ2) is 10.9. The molecule has 4 rings (SSSR count). The van der Waals surface area contributed by atoms with Crippen LogP contribution in [0.3, 0.4) is 0 Å². The summed E-state index contributed by atoms with van der Waals surface area (Å²) in [5, 5.41) is 9.43. The molecule has 2 aliphatic heterocycles. The predicted molar refractivity (Wildman–Crippen MR) is 130 cm³/mol. The molecule has 6 nitrogen and oxygen atoms in total. The first-order valence-electron chi connectivity index (χ1n) is 11.6. The smallest absolute Gasteiger partial charge is 0.209 e. The number of aryl methyl sites for hydroxylation is 1. The summed E-state index contributed by atoms with van der Waals surface area (Å²) in [5.74, 6) is 0. The average Bonchev–Trinajstić information content (AvgIpc) is 2.81. The van der Waals surface area contributed by atoms with E-state index < -0.39 is 10.0 Å². The van der Waals surface area contributed by atoms with Crippen LogP contribution in [0.15, 0.2) is 54.6 Å². The topological polar surface area (TPSA) is 84.9 Å². The molecular weight excluding hydrogens is 438 g/mol. The fourth-order valence-electron chi connectivity index (χ4n) is 4.69. The van der Waals surface area contributed by atoms with Crippen LogP contribution < -0.4 is 4.72 Å². The fourth-order valence-corrected chi connectivity index (χ4v) is 5.48. The number of hydrogen-bond acceptors (Lipinski definition) is 5. The number of nitrogens with one attached hydrogen (secondary N) is 1. The van der Waals surface area contributed by atoms with E-state index in [1.165, 1.54) is 11.8 Å². The predicted octanol–water partition coefficient (Wildman–Crippen LogP) is 3.40. The lowest BCUT2D eigenvalue weighted by molar-refractivity contribution is -0.200. The molecule has 7 heteroatoms. The lowest BCUT2D eigenvalue weighted by Gasteiger charge is -2.45. The normalized spacial score (nSPS) is 28.0. The Kier molecular flexibility index (Phi) is 7.98.